The van der Waals surface area contributed by atoms with E-state index in [0.717, 1.165) is 6.92 Å². The largest absolute Gasteiger partial charge is 0.481 e. The van der Waals surface area contributed by atoms with Crippen LogP contribution in [0.5, 0.6) is 0 Å². The van der Waals surface area contributed by atoms with Crippen LogP contribution in [0.2, 0.25) is 0 Å². The van der Waals surface area contributed by atoms with Crippen molar-refractivity contribution < 1.29 is 107 Å². The Morgan fingerprint density at radius 2 is 0.832 bits per heavy atom. The first-order valence-electron chi connectivity index (χ1n) is 36.7. The van der Waals surface area contributed by atoms with Crippen molar-refractivity contribution in [2.75, 3.05) is 25.4 Å². The molecule has 0 spiro atoms. The van der Waals surface area contributed by atoms with Crippen LogP contribution >= 0.6 is 12.6 Å². The van der Waals surface area contributed by atoms with Crippen molar-refractivity contribution in [3.8, 4) is 0 Å². The quantitative estimate of drug-likeness (QED) is 0.0216. The number of rotatable bonds is 52. The maximum atomic E-state index is 14.5. The monoisotopic (exact) mass is 1610 g/mol. The highest BCUT2D eigenvalue weighted by Crippen LogP contribution is 2.15. The Morgan fingerprint density at radius 3 is 1.30 bits per heavy atom. The van der Waals surface area contributed by atoms with Crippen LogP contribution in [-0.4, -0.2) is 243 Å². The van der Waals surface area contributed by atoms with Gasteiger partial charge in [0.2, 0.25) is 94.5 Å². The molecule has 113 heavy (non-hydrogen) atoms. The number of primary amides is 2. The van der Waals surface area contributed by atoms with E-state index in [-0.39, 0.29) is 56.7 Å². The van der Waals surface area contributed by atoms with Gasteiger partial charge in [0.15, 0.2) is 0 Å². The molecular formula is C72H112N18O22S. The Labute approximate surface area is 659 Å². The van der Waals surface area contributed by atoms with E-state index in [9.17, 15) is 107 Å². The molecule has 0 saturated carbocycles. The zero-order chi connectivity index (χ0) is 85.5. The number of carbonyl (C=O) groups is 18. The lowest BCUT2D eigenvalue weighted by Gasteiger charge is -2.29. The molecule has 0 aliphatic carbocycles. The first kappa shape index (κ1) is 98.2. The van der Waals surface area contributed by atoms with Gasteiger partial charge < -0.3 is 118 Å². The third kappa shape index (κ3) is 36.4. The van der Waals surface area contributed by atoms with Crippen LogP contribution in [0.1, 0.15) is 131 Å². The van der Waals surface area contributed by atoms with Gasteiger partial charge in [-0.2, -0.15) is 12.6 Å². The molecule has 0 heterocycles. The minimum Gasteiger partial charge on any atom is -0.481 e. The molecule has 2 aromatic rings. The number of aliphatic carboxylic acids is 2. The Balaban J connectivity index is 2.39. The van der Waals surface area contributed by atoms with Gasteiger partial charge >= 0.3 is 11.9 Å². The lowest BCUT2D eigenvalue weighted by molar-refractivity contribution is -0.143. The second-order valence-corrected chi connectivity index (χ2v) is 28.3. The lowest BCUT2D eigenvalue weighted by atomic mass is 9.97. The summed E-state index contributed by atoms with van der Waals surface area (Å²) in [5, 5.41) is 72.8. The third-order valence-corrected chi connectivity index (χ3v) is 17.8. The molecule has 40 nitrogen and oxygen atoms in total. The van der Waals surface area contributed by atoms with Crippen molar-refractivity contribution in [2.24, 2.45) is 40.7 Å². The van der Waals surface area contributed by atoms with Crippen LogP contribution in [0.15, 0.2) is 60.7 Å². The van der Waals surface area contributed by atoms with Gasteiger partial charge in [0.1, 0.15) is 78.5 Å². The van der Waals surface area contributed by atoms with Crippen molar-refractivity contribution in [1.29, 1.82) is 0 Å². The smallest absolute Gasteiger partial charge is 0.326 e. The number of nitrogens with two attached hydrogens (primary N) is 4. The number of benzene rings is 2. The molecule has 16 atom stereocenters. The summed E-state index contributed by atoms with van der Waals surface area (Å²) in [6.07, 6.45) is -5.53. The number of thiol groups is 1. The van der Waals surface area contributed by atoms with Gasteiger partial charge in [-0.3, -0.25) is 81.5 Å². The third-order valence-electron chi connectivity index (χ3n) is 17.5. The Kier molecular flexibility index (Phi) is 43.6. The number of amides is 16. The summed E-state index contributed by atoms with van der Waals surface area (Å²) in [5.41, 5.74) is 23.0. The Morgan fingerprint density at radius 1 is 0.425 bits per heavy atom. The molecule has 2 rings (SSSR count). The van der Waals surface area contributed by atoms with Crippen molar-refractivity contribution in [3.63, 3.8) is 0 Å². The Bertz CT molecular complexity index is 3600. The Hall–Kier alpha value is -10.9. The molecule has 0 aliphatic rings. The predicted molar refractivity (Wildman–Crippen MR) is 409 cm³/mol. The van der Waals surface area contributed by atoms with E-state index in [1.807, 2.05) is 0 Å². The molecule has 628 valence electrons. The number of nitrogens with one attached hydrogen (secondary N) is 14. The average molecular weight is 1610 g/mol. The minimum atomic E-state index is -1.96. The summed E-state index contributed by atoms with van der Waals surface area (Å²) >= 11 is 4.32. The van der Waals surface area contributed by atoms with Gasteiger partial charge in [0.25, 0.3) is 0 Å². The molecule has 16 amide bonds. The second-order valence-electron chi connectivity index (χ2n) is 28.0. The topological polar surface area (TPSA) is 661 Å². The van der Waals surface area contributed by atoms with Gasteiger partial charge in [0, 0.05) is 25.0 Å². The van der Waals surface area contributed by atoms with E-state index in [1.54, 1.807) is 95.3 Å². The standard InChI is InChI=1S/C72H112N18O22S/c1-10-37(6)58(70(109)86-48(30-51(74)93)65(104)84-49(31-52(75)94)66(105)90-59(40(9)92)71(110)82-44(72(111)112)23-17-18-26-73)89-60(99)38(7)79-62(101)47(29-42-21-15-12-16-22-42)85-69(108)57(36(4)5)88-67(106)50(34-113)87-63(102)45(27-35(2)3)83-64(103)46(28-41-19-13-11-14-20-41)81-54(96)32-77-61(100)43(24-25-55(97)98)80-53(95)33-78-68(107)56(76)39(8)91/h11-16,19-22,35-40,43-50,56-59,91-92,113H,10,17-18,23-34,73,76H2,1-9H3,(H2,74,93)(H2,75,94)(H,77,100)(H,78,107)(H,79,101)(H,80,95)(H,81,96)(H,82,110)(H,83,103)(H,84,104)(H,85,108)(H,86,109)(H,87,102)(H,88,106)(H,89,99)(H,90,105)(H,97,98)(H,111,112)/t37-,38-,39+,40+,43-,44-,45-,46-,47-,48-,49-,50-,56-,57-,58-,59-/m0/s1. The van der Waals surface area contributed by atoms with Gasteiger partial charge in [-0.25, -0.2) is 4.79 Å². The first-order valence-corrected chi connectivity index (χ1v) is 37.4. The van der Waals surface area contributed by atoms with Crippen LogP contribution in [0, 0.1) is 17.8 Å². The van der Waals surface area contributed by atoms with Gasteiger partial charge in [-0.1, -0.05) is 109 Å². The number of unbranched alkanes of at least 4 members (excludes halogenated alkanes) is 1. The molecule has 2 aromatic carbocycles. The number of carbonyl (C=O) groups excluding carboxylic acids is 16. The van der Waals surface area contributed by atoms with Crippen LogP contribution in [0.25, 0.3) is 0 Å². The molecule has 0 fully saturated rings. The highest BCUT2D eigenvalue weighted by molar-refractivity contribution is 7.80. The highest BCUT2D eigenvalue weighted by Gasteiger charge is 2.39. The van der Waals surface area contributed by atoms with E-state index >= 15 is 0 Å². The fraction of sp³-hybridized carbons (Fsp3) is 0.583. The highest BCUT2D eigenvalue weighted by atomic mass is 32.1. The SMILES string of the molecule is CC[C@H](C)[C@H](NC(=O)[C@H](C)NC(=O)[C@H](Cc1ccccc1)NC(=O)[C@@H](NC(=O)[C@H](CS)NC(=O)[C@H](CC(C)C)NC(=O)[C@H](Cc1ccccc1)NC(=O)CNC(=O)[C@H](CCC(=O)O)NC(=O)CNC(=O)[C@@H](N)[C@@H](C)O)C(C)C)C(=O)N[C@@H](CC(N)=O)C(=O)N[C@@H](CC(N)=O)C(=O)N[C@H](C(=O)N[C@@H](CCCCN)C(=O)O)[C@@H](C)O. The zero-order valence-corrected chi connectivity index (χ0v) is 65.6. The van der Waals surface area contributed by atoms with Crippen molar-refractivity contribution in [1.82, 2.24) is 74.4 Å². The van der Waals surface area contributed by atoms with Crippen molar-refractivity contribution in [2.45, 2.75) is 224 Å². The summed E-state index contributed by atoms with van der Waals surface area (Å²) in [4.78, 5) is 241. The van der Waals surface area contributed by atoms with E-state index in [4.69, 9.17) is 22.9 Å². The first-order chi connectivity index (χ1) is 53.0. The number of aliphatic hydroxyl groups excluding tert-OH is 2. The van der Waals surface area contributed by atoms with Gasteiger partial charge in [-0.15, -0.1) is 0 Å². The normalized spacial score (nSPS) is 15.4. The zero-order valence-electron chi connectivity index (χ0n) is 64.7. The summed E-state index contributed by atoms with van der Waals surface area (Å²) in [6, 6.07) is -3.91. The number of carboxylic acids is 2. The van der Waals surface area contributed by atoms with E-state index in [1.165, 1.54) is 20.8 Å². The second kappa shape index (κ2) is 50.2. The minimum absolute atomic E-state index is 0.0396. The maximum absolute atomic E-state index is 14.5. The summed E-state index contributed by atoms with van der Waals surface area (Å²) in [7, 11) is 0. The van der Waals surface area contributed by atoms with E-state index in [0.29, 0.717) is 17.5 Å². The summed E-state index contributed by atoms with van der Waals surface area (Å²) < 4.78 is 0. The molecular weight excluding hydrogens is 1500 g/mol. The van der Waals surface area contributed by atoms with Crippen molar-refractivity contribution in [3.05, 3.63) is 71.8 Å². The fourth-order valence-corrected chi connectivity index (χ4v) is 11.1. The molecule has 0 aliphatic heterocycles. The summed E-state index contributed by atoms with van der Waals surface area (Å²) in [6.45, 7) is 12.0. The number of hydrogen-bond donors (Lipinski definition) is 23. The number of hydrogen-bond acceptors (Lipinski definition) is 23. The molecule has 0 unspecified atom stereocenters. The lowest BCUT2D eigenvalue weighted by Crippen LogP contribution is -2.62. The predicted octanol–water partition coefficient (Wildman–Crippen LogP) is -6.86. The molecule has 0 aromatic heterocycles. The van der Waals surface area contributed by atoms with Crippen LogP contribution in [-0.2, 0) is 99.1 Å². The van der Waals surface area contributed by atoms with Crippen LogP contribution < -0.4 is 97.4 Å². The van der Waals surface area contributed by atoms with Crippen LogP contribution in [0.4, 0.5) is 0 Å². The molecule has 26 N–H and O–H groups in total. The van der Waals surface area contributed by atoms with E-state index < -0.39 is 248 Å². The van der Waals surface area contributed by atoms with Crippen molar-refractivity contribution >= 4 is 119 Å². The molecule has 0 radical (unpaired) electrons. The number of carboxylic acid groups (broad SMARTS) is 2. The molecule has 41 heteroatoms. The van der Waals surface area contributed by atoms with E-state index in [2.05, 4.69) is 87.1 Å². The molecule has 0 saturated heterocycles. The molecule has 0 bridgehead atoms. The number of aliphatic hydroxyl groups is 2. The van der Waals surface area contributed by atoms with Gasteiger partial charge in [-0.05, 0) is 88.3 Å². The fourth-order valence-electron chi connectivity index (χ4n) is 10.8. The van der Waals surface area contributed by atoms with Crippen LogP contribution in [0.3, 0.4) is 0 Å². The average Bonchev–Trinajstić information content (AvgIpc) is 0.852. The maximum Gasteiger partial charge on any atom is 0.326 e. The summed E-state index contributed by atoms with van der Waals surface area (Å²) in [5.74, 6) is -21.6. The van der Waals surface area contributed by atoms with Gasteiger partial charge in [0.05, 0.1) is 38.1 Å².